The van der Waals surface area contributed by atoms with Gasteiger partial charge in [0.1, 0.15) is 5.01 Å². The number of alkyl halides is 1. The minimum absolute atomic E-state index is 0.0663. The van der Waals surface area contributed by atoms with E-state index in [1.807, 2.05) is 17.1 Å². The zero-order valence-electron chi connectivity index (χ0n) is 10.2. The molecule has 1 atom stereocenters. The van der Waals surface area contributed by atoms with E-state index in [2.05, 4.69) is 10.3 Å². The molecule has 1 fully saturated rings. The van der Waals surface area contributed by atoms with Crippen LogP contribution in [0.2, 0.25) is 0 Å². The Hall–Kier alpha value is -0.260. The second-order valence-corrected chi connectivity index (χ2v) is 6.95. The Morgan fingerprint density at radius 3 is 3.11 bits per heavy atom. The lowest BCUT2D eigenvalue weighted by Gasteiger charge is -2.21. The van der Waals surface area contributed by atoms with Crippen LogP contribution >= 0.6 is 34.7 Å². The van der Waals surface area contributed by atoms with Crippen LogP contribution in [0.15, 0.2) is 5.38 Å². The van der Waals surface area contributed by atoms with Gasteiger partial charge in [-0.25, -0.2) is 4.98 Å². The third kappa shape index (κ3) is 4.44. The molecule has 1 aliphatic rings. The number of carbonyl (C=O) groups excluding carboxylic acids is 1. The molecule has 3 nitrogen and oxygen atoms in total. The van der Waals surface area contributed by atoms with Gasteiger partial charge in [0.2, 0.25) is 5.91 Å². The average Bonchev–Trinajstić information content (AvgIpc) is 2.85. The summed E-state index contributed by atoms with van der Waals surface area (Å²) in [5.74, 6) is 1.71. The van der Waals surface area contributed by atoms with Crippen molar-refractivity contribution in [3.8, 4) is 0 Å². The Kier molecular flexibility index (Phi) is 5.79. The van der Waals surface area contributed by atoms with Crippen molar-refractivity contribution in [1.29, 1.82) is 0 Å². The van der Waals surface area contributed by atoms with E-state index in [1.165, 1.54) is 36.4 Å². The van der Waals surface area contributed by atoms with Gasteiger partial charge in [-0.3, -0.25) is 4.79 Å². The van der Waals surface area contributed by atoms with Crippen LogP contribution in [0, 0.1) is 0 Å². The first-order valence-corrected chi connectivity index (χ1v) is 8.62. The fourth-order valence-corrected chi connectivity index (χ4v) is 4.15. The summed E-state index contributed by atoms with van der Waals surface area (Å²) < 4.78 is 0. The molecule has 1 unspecified atom stereocenters. The fourth-order valence-electron chi connectivity index (χ4n) is 1.89. The van der Waals surface area contributed by atoms with Crippen molar-refractivity contribution in [1.82, 2.24) is 10.3 Å². The quantitative estimate of drug-likeness (QED) is 0.851. The number of nitrogens with one attached hydrogen (secondary N) is 1. The first kappa shape index (κ1) is 14.2. The standard InChI is InChI=1S/C12H17ClN2OS2/c13-6-9-8-18-12(15-9)5-11(16)14-7-10-3-1-2-4-17-10/h8,10H,1-7H2,(H,14,16). The molecule has 1 aromatic heterocycles. The van der Waals surface area contributed by atoms with Gasteiger partial charge in [-0.05, 0) is 18.6 Å². The van der Waals surface area contributed by atoms with Gasteiger partial charge in [0, 0.05) is 17.2 Å². The van der Waals surface area contributed by atoms with Crippen LogP contribution in [0.4, 0.5) is 0 Å². The van der Waals surface area contributed by atoms with Gasteiger partial charge in [0.05, 0.1) is 18.0 Å². The largest absolute Gasteiger partial charge is 0.355 e. The minimum atomic E-state index is 0.0663. The molecule has 1 aromatic rings. The Balaban J connectivity index is 1.71. The van der Waals surface area contributed by atoms with E-state index in [-0.39, 0.29) is 5.91 Å². The van der Waals surface area contributed by atoms with Crippen LogP contribution in [0.25, 0.3) is 0 Å². The van der Waals surface area contributed by atoms with E-state index in [0.29, 0.717) is 17.6 Å². The lowest BCUT2D eigenvalue weighted by atomic mass is 10.2. The molecule has 2 heterocycles. The summed E-state index contributed by atoms with van der Waals surface area (Å²) in [4.78, 5) is 16.1. The highest BCUT2D eigenvalue weighted by Gasteiger charge is 2.15. The topological polar surface area (TPSA) is 42.0 Å². The number of nitrogens with zero attached hydrogens (tertiary/aromatic N) is 1. The van der Waals surface area contributed by atoms with E-state index in [0.717, 1.165) is 17.2 Å². The van der Waals surface area contributed by atoms with Crippen molar-refractivity contribution in [3.05, 3.63) is 16.1 Å². The zero-order chi connectivity index (χ0) is 12.8. The molecule has 0 bridgehead atoms. The molecule has 0 radical (unpaired) electrons. The number of aromatic nitrogens is 1. The highest BCUT2D eigenvalue weighted by Crippen LogP contribution is 2.24. The maximum Gasteiger partial charge on any atom is 0.226 e. The molecule has 0 spiro atoms. The number of rotatable bonds is 5. The van der Waals surface area contributed by atoms with Gasteiger partial charge < -0.3 is 5.32 Å². The molecule has 100 valence electrons. The van der Waals surface area contributed by atoms with Crippen molar-refractivity contribution in [2.24, 2.45) is 0 Å². The van der Waals surface area contributed by atoms with Crippen molar-refractivity contribution >= 4 is 40.6 Å². The van der Waals surface area contributed by atoms with E-state index in [1.54, 1.807) is 0 Å². The predicted molar refractivity (Wildman–Crippen MR) is 78.5 cm³/mol. The molecule has 1 amide bonds. The number of hydrogen-bond acceptors (Lipinski definition) is 4. The number of thioether (sulfide) groups is 1. The van der Waals surface area contributed by atoms with Gasteiger partial charge in [0.15, 0.2) is 0 Å². The Bertz CT molecular complexity index is 391. The number of carbonyl (C=O) groups is 1. The van der Waals surface area contributed by atoms with Crippen molar-refractivity contribution < 1.29 is 4.79 Å². The first-order valence-electron chi connectivity index (χ1n) is 6.15. The Morgan fingerprint density at radius 1 is 1.56 bits per heavy atom. The van der Waals surface area contributed by atoms with Gasteiger partial charge in [-0.1, -0.05) is 6.42 Å². The highest BCUT2D eigenvalue weighted by atomic mass is 35.5. The molecule has 1 N–H and O–H groups in total. The summed E-state index contributed by atoms with van der Waals surface area (Å²) in [6.45, 7) is 0.789. The van der Waals surface area contributed by atoms with Crippen LogP contribution in [-0.4, -0.2) is 28.4 Å². The molecular formula is C12H17ClN2OS2. The van der Waals surface area contributed by atoms with Gasteiger partial charge in [-0.15, -0.1) is 22.9 Å². The number of amides is 1. The summed E-state index contributed by atoms with van der Waals surface area (Å²) in [5, 5.41) is 6.35. The van der Waals surface area contributed by atoms with Crippen LogP contribution in [-0.2, 0) is 17.1 Å². The zero-order valence-corrected chi connectivity index (χ0v) is 12.5. The number of thiazole rings is 1. The fraction of sp³-hybridized carbons (Fsp3) is 0.667. The van der Waals surface area contributed by atoms with Crippen LogP contribution in [0.5, 0.6) is 0 Å². The van der Waals surface area contributed by atoms with E-state index in [4.69, 9.17) is 11.6 Å². The molecule has 6 heteroatoms. The minimum Gasteiger partial charge on any atom is -0.355 e. The summed E-state index contributed by atoms with van der Waals surface area (Å²) in [5.41, 5.74) is 0.854. The smallest absolute Gasteiger partial charge is 0.226 e. The SMILES string of the molecule is O=C(Cc1nc(CCl)cs1)NCC1CCCCS1. The van der Waals surface area contributed by atoms with Gasteiger partial charge >= 0.3 is 0 Å². The van der Waals surface area contributed by atoms with Crippen molar-refractivity contribution in [2.75, 3.05) is 12.3 Å². The molecular weight excluding hydrogens is 288 g/mol. The summed E-state index contributed by atoms with van der Waals surface area (Å²) in [6.07, 6.45) is 4.20. The maximum atomic E-state index is 11.8. The normalized spacial score (nSPS) is 19.7. The van der Waals surface area contributed by atoms with Gasteiger partial charge in [0.25, 0.3) is 0 Å². The highest BCUT2D eigenvalue weighted by molar-refractivity contribution is 7.99. The Labute approximate surface area is 121 Å². The van der Waals surface area contributed by atoms with Crippen LogP contribution in [0.1, 0.15) is 30.0 Å². The van der Waals surface area contributed by atoms with E-state index in [9.17, 15) is 4.79 Å². The monoisotopic (exact) mass is 304 g/mol. The summed E-state index contributed by atoms with van der Waals surface area (Å²) in [7, 11) is 0. The maximum absolute atomic E-state index is 11.8. The molecule has 1 aliphatic heterocycles. The van der Waals surface area contributed by atoms with Crippen molar-refractivity contribution in [2.45, 2.75) is 36.8 Å². The first-order chi connectivity index (χ1) is 8.78. The van der Waals surface area contributed by atoms with Crippen molar-refractivity contribution in [3.63, 3.8) is 0 Å². The number of halogens is 1. The lowest BCUT2D eigenvalue weighted by molar-refractivity contribution is -0.120. The predicted octanol–water partition coefficient (Wildman–Crippen LogP) is 2.83. The molecule has 0 aliphatic carbocycles. The molecule has 0 aromatic carbocycles. The Morgan fingerprint density at radius 2 is 2.44 bits per heavy atom. The lowest BCUT2D eigenvalue weighted by Crippen LogP contribution is -2.32. The van der Waals surface area contributed by atoms with Crippen LogP contribution < -0.4 is 5.32 Å². The number of hydrogen-bond donors (Lipinski definition) is 1. The summed E-state index contributed by atoms with van der Waals surface area (Å²) in [6, 6.07) is 0. The summed E-state index contributed by atoms with van der Waals surface area (Å²) >= 11 is 9.16. The molecule has 2 rings (SSSR count). The van der Waals surface area contributed by atoms with E-state index >= 15 is 0 Å². The second kappa shape index (κ2) is 7.36. The second-order valence-electron chi connectivity index (χ2n) is 4.34. The molecule has 0 saturated carbocycles. The third-order valence-electron chi connectivity index (χ3n) is 2.85. The average molecular weight is 305 g/mol. The molecule has 1 saturated heterocycles. The molecule has 18 heavy (non-hydrogen) atoms. The third-order valence-corrected chi connectivity index (χ3v) is 5.42. The van der Waals surface area contributed by atoms with Crippen LogP contribution in [0.3, 0.4) is 0 Å². The van der Waals surface area contributed by atoms with Gasteiger partial charge in [-0.2, -0.15) is 11.8 Å². The van der Waals surface area contributed by atoms with E-state index < -0.39 is 0 Å².